The Morgan fingerprint density at radius 1 is 1.12 bits per heavy atom. The van der Waals surface area contributed by atoms with Gasteiger partial charge in [-0.1, -0.05) is 19.6 Å². The Balaban J connectivity index is 0.00000274. The van der Waals surface area contributed by atoms with Gasteiger partial charge in [0.05, 0.1) is 19.0 Å². The molecule has 3 aromatic heterocycles. The number of carbonyl (C=O) groups excluding carboxylic acids is 1. The summed E-state index contributed by atoms with van der Waals surface area (Å²) in [6.07, 6.45) is 1.44. The number of piperazine rings is 1. The highest BCUT2D eigenvalue weighted by molar-refractivity contribution is 7.19. The topological polar surface area (TPSA) is 85.0 Å². The van der Waals surface area contributed by atoms with E-state index in [-0.39, 0.29) is 19.0 Å². The second-order valence-corrected chi connectivity index (χ2v) is 9.41. The minimum absolute atomic E-state index is 0. The van der Waals surface area contributed by atoms with Crippen molar-refractivity contribution in [3.63, 3.8) is 0 Å². The summed E-state index contributed by atoms with van der Waals surface area (Å²) >= 11 is 1.65. The lowest BCUT2D eigenvalue weighted by atomic mass is 10.2. The monoisotopic (exact) mass is 482 g/mol. The van der Waals surface area contributed by atoms with Gasteiger partial charge < -0.3 is 9.64 Å². The molecule has 0 spiro atoms. The van der Waals surface area contributed by atoms with Crippen molar-refractivity contribution in [2.75, 3.05) is 33.3 Å². The second-order valence-electron chi connectivity index (χ2n) is 8.32. The molecule has 1 fully saturated rings. The first-order chi connectivity index (χ1) is 16.0. The van der Waals surface area contributed by atoms with Crippen LogP contribution in [0.5, 0.6) is 5.75 Å². The molecule has 1 saturated heterocycles. The third kappa shape index (κ3) is 4.19. The van der Waals surface area contributed by atoms with Gasteiger partial charge in [0.2, 0.25) is 5.91 Å². The van der Waals surface area contributed by atoms with Crippen molar-refractivity contribution in [1.29, 1.82) is 0 Å². The minimum Gasteiger partial charge on any atom is -0.497 e. The molecule has 34 heavy (non-hydrogen) atoms. The van der Waals surface area contributed by atoms with E-state index >= 15 is 0 Å². The van der Waals surface area contributed by atoms with Gasteiger partial charge in [0.25, 0.3) is 0 Å². The maximum Gasteiger partial charge on any atom is 0.352 e. The van der Waals surface area contributed by atoms with Crippen LogP contribution in [-0.4, -0.2) is 68.2 Å². The van der Waals surface area contributed by atoms with E-state index in [9.17, 15) is 9.59 Å². The number of hydrogen-bond donors (Lipinski definition) is 0. The summed E-state index contributed by atoms with van der Waals surface area (Å²) in [6, 6.07) is 7.74. The number of fused-ring (bicyclic) bond motifs is 3. The molecule has 0 unspecified atom stereocenters. The summed E-state index contributed by atoms with van der Waals surface area (Å²) in [4.78, 5) is 35.7. The van der Waals surface area contributed by atoms with Crippen molar-refractivity contribution < 1.29 is 9.53 Å². The van der Waals surface area contributed by atoms with Crippen LogP contribution in [-0.2, 0) is 17.9 Å². The summed E-state index contributed by atoms with van der Waals surface area (Å²) in [7, 11) is 1.64. The number of amides is 1. The first-order valence-corrected chi connectivity index (χ1v) is 11.7. The van der Waals surface area contributed by atoms with E-state index in [1.54, 1.807) is 29.9 Å². The van der Waals surface area contributed by atoms with E-state index in [1.165, 1.54) is 15.7 Å². The SMILES string of the molecule is C.COc1ccc(Cn2c(=O)n3ncnc3c3c(C)c(CN4CCN(C(C)=O)CC4)sc32)cc1. The first kappa shape index (κ1) is 23.9. The average molecular weight is 483 g/mol. The van der Waals surface area contributed by atoms with Crippen LogP contribution in [0, 0.1) is 6.92 Å². The molecule has 9 nitrogen and oxygen atoms in total. The second kappa shape index (κ2) is 9.55. The van der Waals surface area contributed by atoms with Gasteiger partial charge in [-0.25, -0.2) is 9.78 Å². The van der Waals surface area contributed by atoms with Crippen LogP contribution in [0.25, 0.3) is 15.9 Å². The molecule has 0 bridgehead atoms. The van der Waals surface area contributed by atoms with Crippen LogP contribution < -0.4 is 10.4 Å². The fourth-order valence-electron chi connectivity index (χ4n) is 4.38. The molecule has 4 heterocycles. The Bertz CT molecular complexity index is 1380. The van der Waals surface area contributed by atoms with Crippen molar-refractivity contribution in [3.05, 3.63) is 57.1 Å². The summed E-state index contributed by atoms with van der Waals surface area (Å²) in [5, 5.41) is 5.17. The summed E-state index contributed by atoms with van der Waals surface area (Å²) in [5.74, 6) is 0.909. The van der Waals surface area contributed by atoms with Crippen LogP contribution in [0.2, 0.25) is 0 Å². The molecule has 4 aromatic rings. The molecule has 1 aromatic carbocycles. The first-order valence-electron chi connectivity index (χ1n) is 10.9. The zero-order valence-corrected chi connectivity index (χ0v) is 19.8. The van der Waals surface area contributed by atoms with E-state index < -0.39 is 0 Å². The van der Waals surface area contributed by atoms with E-state index in [2.05, 4.69) is 21.9 Å². The summed E-state index contributed by atoms with van der Waals surface area (Å²) < 4.78 is 8.43. The van der Waals surface area contributed by atoms with Crippen molar-refractivity contribution in [3.8, 4) is 5.75 Å². The molecule has 180 valence electrons. The van der Waals surface area contributed by atoms with Crippen LogP contribution in [0.3, 0.4) is 0 Å². The molecule has 10 heteroatoms. The van der Waals surface area contributed by atoms with Gasteiger partial charge in [0.1, 0.15) is 16.9 Å². The highest BCUT2D eigenvalue weighted by atomic mass is 32.1. The predicted molar refractivity (Wildman–Crippen MR) is 134 cm³/mol. The number of thiophene rings is 1. The molecule has 5 rings (SSSR count). The van der Waals surface area contributed by atoms with Crippen LogP contribution in [0.4, 0.5) is 0 Å². The third-order valence-electron chi connectivity index (χ3n) is 6.34. The smallest absolute Gasteiger partial charge is 0.352 e. The number of rotatable bonds is 5. The van der Waals surface area contributed by atoms with Gasteiger partial charge in [-0.3, -0.25) is 14.3 Å². The zero-order chi connectivity index (χ0) is 23.1. The lowest BCUT2D eigenvalue weighted by molar-refractivity contribution is -0.130. The van der Waals surface area contributed by atoms with Crippen molar-refractivity contribution in [2.45, 2.75) is 34.4 Å². The highest BCUT2D eigenvalue weighted by Gasteiger charge is 2.23. The standard InChI is InChI=1S/C23H26N6O3S.CH4/c1-15-19(13-26-8-10-27(11-9-26)16(2)30)33-22-20(15)21-24-14-25-29(21)23(31)28(22)12-17-4-6-18(32-3)7-5-17;/h4-7,14H,8-13H2,1-3H3;1H4. The van der Waals surface area contributed by atoms with Gasteiger partial charge in [-0.05, 0) is 30.2 Å². The molecule has 0 radical (unpaired) electrons. The van der Waals surface area contributed by atoms with Crippen molar-refractivity contribution >= 4 is 33.1 Å². The number of benzene rings is 1. The molecule has 1 aliphatic heterocycles. The van der Waals surface area contributed by atoms with Crippen molar-refractivity contribution in [2.24, 2.45) is 0 Å². The molecule has 1 aliphatic rings. The normalized spacial score (nSPS) is 14.5. The van der Waals surface area contributed by atoms with Gasteiger partial charge in [0, 0.05) is 44.5 Å². The van der Waals surface area contributed by atoms with Crippen molar-refractivity contribution in [1.82, 2.24) is 29.0 Å². The van der Waals surface area contributed by atoms with Gasteiger partial charge in [0.15, 0.2) is 5.65 Å². The van der Waals surface area contributed by atoms with Crippen LogP contribution in [0.15, 0.2) is 35.4 Å². The Morgan fingerprint density at radius 2 is 1.82 bits per heavy atom. The largest absolute Gasteiger partial charge is 0.497 e. The van der Waals surface area contributed by atoms with Gasteiger partial charge in [-0.2, -0.15) is 9.61 Å². The lowest BCUT2D eigenvalue weighted by Gasteiger charge is -2.34. The highest BCUT2D eigenvalue weighted by Crippen LogP contribution is 2.33. The lowest BCUT2D eigenvalue weighted by Crippen LogP contribution is -2.47. The fraction of sp³-hybridized carbons (Fsp3) is 0.417. The van der Waals surface area contributed by atoms with E-state index in [0.717, 1.165) is 59.8 Å². The number of aryl methyl sites for hydroxylation is 1. The number of methoxy groups -OCH3 is 1. The van der Waals surface area contributed by atoms with Crippen LogP contribution in [0.1, 0.15) is 30.4 Å². The van der Waals surface area contributed by atoms with E-state index in [0.29, 0.717) is 12.2 Å². The van der Waals surface area contributed by atoms with Gasteiger partial charge >= 0.3 is 5.69 Å². The number of ether oxygens (including phenoxy) is 1. The Hall–Kier alpha value is -3.24. The average Bonchev–Trinajstić information content (AvgIpc) is 3.42. The summed E-state index contributed by atoms with van der Waals surface area (Å²) in [5.41, 5.74) is 2.54. The molecule has 0 atom stereocenters. The van der Waals surface area contributed by atoms with E-state index in [4.69, 9.17) is 4.74 Å². The maximum absolute atomic E-state index is 13.3. The number of aromatic nitrogens is 4. The Morgan fingerprint density at radius 3 is 2.47 bits per heavy atom. The summed E-state index contributed by atoms with van der Waals surface area (Å²) in [6.45, 7) is 8.11. The fourth-order valence-corrected chi connectivity index (χ4v) is 5.71. The predicted octanol–water partition coefficient (Wildman–Crippen LogP) is 2.77. The number of nitrogens with zero attached hydrogens (tertiary/aromatic N) is 6. The molecule has 1 amide bonds. The number of hydrogen-bond acceptors (Lipinski definition) is 7. The molecular weight excluding hydrogens is 452 g/mol. The Kier molecular flexibility index (Phi) is 6.72. The van der Waals surface area contributed by atoms with Crippen LogP contribution >= 0.6 is 11.3 Å². The molecule has 0 N–H and O–H groups in total. The van der Waals surface area contributed by atoms with E-state index in [1.807, 2.05) is 29.2 Å². The molecule has 0 aliphatic carbocycles. The quantitative estimate of drug-likeness (QED) is 0.435. The molecule has 0 saturated carbocycles. The Labute approximate surface area is 202 Å². The molecular formula is C24H30N6O3S. The number of carbonyl (C=O) groups is 1. The maximum atomic E-state index is 13.3. The van der Waals surface area contributed by atoms with Gasteiger partial charge in [-0.15, -0.1) is 11.3 Å². The third-order valence-corrected chi connectivity index (χ3v) is 7.64. The zero-order valence-electron chi connectivity index (χ0n) is 18.9. The minimum atomic E-state index is -0.200.